The zero-order chi connectivity index (χ0) is 19.1. The van der Waals surface area contributed by atoms with E-state index in [1.54, 1.807) is 0 Å². The molecular weight excluding hydrogens is 326 g/mol. The molecule has 0 aromatic carbocycles. The van der Waals surface area contributed by atoms with Gasteiger partial charge in [-0.25, -0.2) is 0 Å². The molecule has 1 aliphatic rings. The van der Waals surface area contributed by atoms with Gasteiger partial charge in [0.25, 0.3) is 0 Å². The molecule has 1 aromatic rings. The highest BCUT2D eigenvalue weighted by Crippen LogP contribution is 2.29. The monoisotopic (exact) mass is 361 g/mol. The number of aryl methyl sites for hydroxylation is 1. The van der Waals surface area contributed by atoms with Crippen LogP contribution in [-0.4, -0.2) is 45.3 Å². The van der Waals surface area contributed by atoms with Crippen LogP contribution in [0.2, 0.25) is 0 Å². The molecule has 0 aliphatic heterocycles. The van der Waals surface area contributed by atoms with Gasteiger partial charge in [-0.3, -0.25) is 9.59 Å². The minimum Gasteiger partial charge on any atom is -0.353 e. The summed E-state index contributed by atoms with van der Waals surface area (Å²) in [5.41, 5.74) is 1.12. The predicted molar refractivity (Wildman–Crippen MR) is 105 cm³/mol. The SMILES string of the molecule is CCCCN(Cc1cccn1C)C(=O)CN(C(=O)C1CCC1)C(C)CC. The molecular formula is C21H35N3O2. The standard InChI is InChI=1S/C21H35N3O2/c1-5-7-14-23(15-19-12-9-13-22(19)4)20(25)16-24(17(3)6-2)21(26)18-10-8-11-18/h9,12-13,17-18H,5-8,10-11,14-16H2,1-4H3. The quantitative estimate of drug-likeness (QED) is 0.639. The molecule has 1 aliphatic carbocycles. The molecule has 2 amide bonds. The highest BCUT2D eigenvalue weighted by molar-refractivity contribution is 5.86. The molecule has 0 spiro atoms. The van der Waals surface area contributed by atoms with Crippen LogP contribution in [0.1, 0.15) is 65.0 Å². The number of amides is 2. The van der Waals surface area contributed by atoms with E-state index in [-0.39, 0.29) is 30.3 Å². The van der Waals surface area contributed by atoms with Crippen LogP contribution < -0.4 is 0 Å². The summed E-state index contributed by atoms with van der Waals surface area (Å²) in [5.74, 6) is 0.370. The van der Waals surface area contributed by atoms with Crippen molar-refractivity contribution < 1.29 is 9.59 Å². The molecule has 5 nitrogen and oxygen atoms in total. The number of rotatable bonds is 10. The summed E-state index contributed by atoms with van der Waals surface area (Å²) in [7, 11) is 2.00. The fourth-order valence-corrected chi connectivity index (χ4v) is 3.30. The van der Waals surface area contributed by atoms with E-state index >= 15 is 0 Å². The van der Waals surface area contributed by atoms with E-state index in [1.165, 1.54) is 0 Å². The number of carbonyl (C=O) groups is 2. The lowest BCUT2D eigenvalue weighted by atomic mass is 9.84. The second-order valence-corrected chi connectivity index (χ2v) is 7.63. The molecule has 1 aromatic heterocycles. The van der Waals surface area contributed by atoms with Crippen LogP contribution >= 0.6 is 0 Å². The zero-order valence-electron chi connectivity index (χ0n) is 16.9. The van der Waals surface area contributed by atoms with E-state index in [1.807, 2.05) is 29.1 Å². The van der Waals surface area contributed by atoms with Crippen molar-refractivity contribution in [1.82, 2.24) is 14.4 Å². The van der Waals surface area contributed by atoms with E-state index in [4.69, 9.17) is 0 Å². The van der Waals surface area contributed by atoms with Crippen LogP contribution in [0.4, 0.5) is 0 Å². The van der Waals surface area contributed by atoms with Gasteiger partial charge in [0.05, 0.1) is 6.54 Å². The van der Waals surface area contributed by atoms with Gasteiger partial charge in [-0.1, -0.05) is 26.7 Å². The third-order valence-electron chi connectivity index (χ3n) is 5.70. The van der Waals surface area contributed by atoms with Gasteiger partial charge < -0.3 is 14.4 Å². The minimum absolute atomic E-state index is 0.0626. The van der Waals surface area contributed by atoms with Gasteiger partial charge in [0.2, 0.25) is 11.8 Å². The Labute approximate surface area is 158 Å². The Morgan fingerprint density at radius 3 is 2.54 bits per heavy atom. The minimum atomic E-state index is 0.0626. The summed E-state index contributed by atoms with van der Waals surface area (Å²) in [6.45, 7) is 7.82. The summed E-state index contributed by atoms with van der Waals surface area (Å²) in [5, 5.41) is 0. The van der Waals surface area contributed by atoms with Crippen molar-refractivity contribution in [3.05, 3.63) is 24.0 Å². The number of aromatic nitrogens is 1. The topological polar surface area (TPSA) is 45.6 Å². The first-order chi connectivity index (χ1) is 12.5. The molecule has 0 N–H and O–H groups in total. The molecule has 1 heterocycles. The maximum atomic E-state index is 13.1. The summed E-state index contributed by atoms with van der Waals surface area (Å²) in [4.78, 5) is 29.6. The van der Waals surface area contributed by atoms with Gasteiger partial charge in [0, 0.05) is 37.4 Å². The summed E-state index contributed by atoms with van der Waals surface area (Å²) < 4.78 is 2.05. The Balaban J connectivity index is 2.08. The number of nitrogens with zero attached hydrogens (tertiary/aromatic N) is 3. The van der Waals surface area contributed by atoms with E-state index in [9.17, 15) is 9.59 Å². The Hall–Kier alpha value is -1.78. The Morgan fingerprint density at radius 1 is 1.31 bits per heavy atom. The first-order valence-corrected chi connectivity index (χ1v) is 10.2. The number of carbonyl (C=O) groups excluding carboxylic acids is 2. The van der Waals surface area contributed by atoms with Gasteiger partial charge in [-0.05, 0) is 44.7 Å². The molecule has 146 valence electrons. The van der Waals surface area contributed by atoms with Crippen molar-refractivity contribution in [3.63, 3.8) is 0 Å². The average molecular weight is 362 g/mol. The third kappa shape index (κ3) is 5.12. The Bertz CT molecular complexity index is 592. The molecule has 0 bridgehead atoms. The maximum absolute atomic E-state index is 13.1. The van der Waals surface area contributed by atoms with Crippen molar-refractivity contribution in [2.45, 2.75) is 71.9 Å². The van der Waals surface area contributed by atoms with Gasteiger partial charge in [-0.15, -0.1) is 0 Å². The Kier molecular flexibility index (Phi) is 7.73. The second kappa shape index (κ2) is 9.79. The van der Waals surface area contributed by atoms with Gasteiger partial charge in [-0.2, -0.15) is 0 Å². The lowest BCUT2D eigenvalue weighted by Gasteiger charge is -2.36. The molecule has 0 saturated heterocycles. The first-order valence-electron chi connectivity index (χ1n) is 10.2. The molecule has 1 unspecified atom stereocenters. The van der Waals surface area contributed by atoms with Crippen LogP contribution in [0.15, 0.2) is 18.3 Å². The summed E-state index contributed by atoms with van der Waals surface area (Å²) in [6, 6.07) is 4.16. The fraction of sp³-hybridized carbons (Fsp3) is 0.714. The maximum Gasteiger partial charge on any atom is 0.242 e. The number of hydrogen-bond donors (Lipinski definition) is 0. The van der Waals surface area contributed by atoms with Crippen molar-refractivity contribution in [3.8, 4) is 0 Å². The fourth-order valence-electron chi connectivity index (χ4n) is 3.30. The zero-order valence-corrected chi connectivity index (χ0v) is 16.9. The van der Waals surface area contributed by atoms with Gasteiger partial charge in [0.15, 0.2) is 0 Å². The normalized spacial score (nSPS) is 15.4. The smallest absolute Gasteiger partial charge is 0.242 e. The molecule has 1 atom stereocenters. The van der Waals surface area contributed by atoms with E-state index in [2.05, 4.69) is 31.4 Å². The van der Waals surface area contributed by atoms with Crippen LogP contribution in [-0.2, 0) is 23.2 Å². The Morgan fingerprint density at radius 2 is 2.04 bits per heavy atom. The summed E-state index contributed by atoms with van der Waals surface area (Å²) in [6.07, 6.45) is 7.99. The van der Waals surface area contributed by atoms with Crippen LogP contribution in [0.5, 0.6) is 0 Å². The largest absolute Gasteiger partial charge is 0.353 e. The highest BCUT2D eigenvalue weighted by Gasteiger charge is 2.33. The van der Waals surface area contributed by atoms with E-state index in [0.29, 0.717) is 6.54 Å². The lowest BCUT2D eigenvalue weighted by Crippen LogP contribution is -2.49. The third-order valence-corrected chi connectivity index (χ3v) is 5.70. The predicted octanol–water partition coefficient (Wildman–Crippen LogP) is 3.58. The summed E-state index contributed by atoms with van der Waals surface area (Å²) >= 11 is 0. The molecule has 0 radical (unpaired) electrons. The number of hydrogen-bond acceptors (Lipinski definition) is 2. The van der Waals surface area contributed by atoms with Gasteiger partial charge >= 0.3 is 0 Å². The van der Waals surface area contributed by atoms with E-state index < -0.39 is 0 Å². The van der Waals surface area contributed by atoms with Crippen LogP contribution in [0.25, 0.3) is 0 Å². The molecule has 1 fully saturated rings. The molecule has 1 saturated carbocycles. The number of unbranched alkanes of at least 4 members (excludes halogenated alkanes) is 1. The van der Waals surface area contributed by atoms with Crippen LogP contribution in [0, 0.1) is 5.92 Å². The first kappa shape index (κ1) is 20.5. The van der Waals surface area contributed by atoms with Crippen molar-refractivity contribution >= 4 is 11.8 Å². The second-order valence-electron chi connectivity index (χ2n) is 7.63. The molecule has 2 rings (SSSR count). The highest BCUT2D eigenvalue weighted by atomic mass is 16.2. The van der Waals surface area contributed by atoms with Gasteiger partial charge in [0.1, 0.15) is 6.54 Å². The van der Waals surface area contributed by atoms with Crippen molar-refractivity contribution in [1.29, 1.82) is 0 Å². The van der Waals surface area contributed by atoms with Crippen molar-refractivity contribution in [2.75, 3.05) is 13.1 Å². The molecule has 5 heteroatoms. The lowest BCUT2D eigenvalue weighted by molar-refractivity contribution is -0.147. The average Bonchev–Trinajstić information content (AvgIpc) is 2.98. The van der Waals surface area contributed by atoms with Crippen LogP contribution in [0.3, 0.4) is 0 Å². The molecule has 26 heavy (non-hydrogen) atoms. The van der Waals surface area contributed by atoms with E-state index in [0.717, 1.165) is 50.8 Å². The van der Waals surface area contributed by atoms with Crippen molar-refractivity contribution in [2.24, 2.45) is 13.0 Å².